The van der Waals surface area contributed by atoms with E-state index < -0.39 is 0 Å². The van der Waals surface area contributed by atoms with Crippen molar-refractivity contribution in [2.45, 2.75) is 58.3 Å². The second-order valence-electron chi connectivity index (χ2n) is 10.2. The molecule has 2 aromatic heterocycles. The van der Waals surface area contributed by atoms with Crippen LogP contribution in [0.4, 0.5) is 11.6 Å². The predicted octanol–water partition coefficient (Wildman–Crippen LogP) is 7.16. The number of anilines is 2. The monoisotopic (exact) mass is 552 g/mol. The van der Waals surface area contributed by atoms with E-state index in [1.165, 1.54) is 44.0 Å². The van der Waals surface area contributed by atoms with Crippen LogP contribution in [0.15, 0.2) is 61.1 Å². The van der Waals surface area contributed by atoms with Gasteiger partial charge in [-0.2, -0.15) is 4.98 Å². The lowest BCUT2D eigenvalue weighted by Crippen LogP contribution is -2.14. The van der Waals surface area contributed by atoms with Crippen molar-refractivity contribution in [1.82, 2.24) is 19.9 Å². The summed E-state index contributed by atoms with van der Waals surface area (Å²) >= 11 is 0. The average Bonchev–Trinajstić information content (AvgIpc) is 3.02. The quantitative estimate of drug-likeness (QED) is 0.213. The van der Waals surface area contributed by atoms with Crippen molar-refractivity contribution >= 4 is 17.5 Å². The molecule has 1 aliphatic rings. The molecule has 9 nitrogen and oxygen atoms in total. The Kier molecular flexibility index (Phi) is 9.03. The van der Waals surface area contributed by atoms with Gasteiger partial charge in [-0.25, -0.2) is 15.0 Å². The van der Waals surface area contributed by atoms with Gasteiger partial charge in [0.15, 0.2) is 5.82 Å². The predicted molar refractivity (Wildman–Crippen MR) is 160 cm³/mol. The zero-order chi connectivity index (χ0) is 28.6. The van der Waals surface area contributed by atoms with Crippen molar-refractivity contribution in [3.63, 3.8) is 0 Å². The number of aromatic nitrogens is 4. The number of methoxy groups -OCH3 is 1. The average molecular weight is 553 g/mol. The van der Waals surface area contributed by atoms with Gasteiger partial charge in [-0.3, -0.25) is 4.79 Å². The molecule has 9 heteroatoms. The summed E-state index contributed by atoms with van der Waals surface area (Å²) in [5.74, 6) is 2.67. The van der Waals surface area contributed by atoms with Crippen LogP contribution in [0.5, 0.6) is 17.4 Å². The second-order valence-corrected chi connectivity index (χ2v) is 10.2. The largest absolute Gasteiger partial charge is 0.495 e. The minimum atomic E-state index is -0.251. The first-order valence-electron chi connectivity index (χ1n) is 14.2. The highest BCUT2D eigenvalue weighted by Gasteiger charge is 2.19. The normalized spacial score (nSPS) is 13.4. The van der Waals surface area contributed by atoms with Crippen molar-refractivity contribution in [2.75, 3.05) is 24.3 Å². The molecule has 2 aromatic carbocycles. The maximum Gasteiger partial charge on any atom is 0.255 e. The number of nitrogens with one attached hydrogen (secondary N) is 2. The lowest BCUT2D eigenvalue weighted by molar-refractivity contribution is 0.102. The molecular formula is C32H36N6O3. The van der Waals surface area contributed by atoms with Gasteiger partial charge >= 0.3 is 0 Å². The van der Waals surface area contributed by atoms with E-state index in [-0.39, 0.29) is 5.91 Å². The van der Waals surface area contributed by atoms with Crippen molar-refractivity contribution < 1.29 is 14.3 Å². The molecule has 0 unspecified atom stereocenters. The van der Waals surface area contributed by atoms with Gasteiger partial charge in [-0.1, -0.05) is 38.3 Å². The zero-order valence-electron chi connectivity index (χ0n) is 23.8. The summed E-state index contributed by atoms with van der Waals surface area (Å²) < 4.78 is 11.8. The maximum atomic E-state index is 13.4. The number of pyridine rings is 1. The Bertz CT molecular complexity index is 1500. The van der Waals surface area contributed by atoms with Crippen molar-refractivity contribution in [2.24, 2.45) is 0 Å². The number of hydrogen-bond acceptors (Lipinski definition) is 8. The standard InChI is InChI=1S/C32H36N6O3/c1-4-16-34-32-36-20-35-29(38-32)25-11-8-17-33-31(25)41-28-19-24(13-12-21(28)2)30(39)37-26-18-23(14-15-27(26)40-3)22-9-6-5-7-10-22/h8,11-15,17-20,22H,4-7,9-10,16H2,1-3H3,(H,37,39)(H,34,35,36,38). The highest BCUT2D eigenvalue weighted by molar-refractivity contribution is 6.05. The van der Waals surface area contributed by atoms with E-state index in [1.54, 1.807) is 31.5 Å². The van der Waals surface area contributed by atoms with Gasteiger partial charge < -0.3 is 20.1 Å². The molecule has 0 spiro atoms. The van der Waals surface area contributed by atoms with E-state index in [0.29, 0.717) is 51.9 Å². The molecule has 2 N–H and O–H groups in total. The molecule has 2 heterocycles. The van der Waals surface area contributed by atoms with Crippen LogP contribution in [-0.2, 0) is 0 Å². The van der Waals surface area contributed by atoms with Crippen molar-refractivity contribution in [3.8, 4) is 28.8 Å². The Morgan fingerprint density at radius 3 is 2.66 bits per heavy atom. The van der Waals surface area contributed by atoms with Gasteiger partial charge in [-0.05, 0) is 79.6 Å². The third-order valence-corrected chi connectivity index (χ3v) is 7.32. The van der Waals surface area contributed by atoms with Crippen LogP contribution in [0.2, 0.25) is 0 Å². The van der Waals surface area contributed by atoms with Gasteiger partial charge in [0.25, 0.3) is 5.91 Å². The Labute approximate surface area is 240 Å². The first-order chi connectivity index (χ1) is 20.1. The van der Waals surface area contributed by atoms with Crippen LogP contribution in [0, 0.1) is 6.92 Å². The molecule has 1 amide bonds. The SMILES string of the molecule is CCCNc1ncnc(-c2cccnc2Oc2cc(C(=O)Nc3cc(C4CCCCC4)ccc3OC)ccc2C)n1. The molecule has 0 saturated heterocycles. The van der Waals surface area contributed by atoms with Gasteiger partial charge in [0, 0.05) is 18.3 Å². The highest BCUT2D eigenvalue weighted by atomic mass is 16.5. The molecule has 1 saturated carbocycles. The van der Waals surface area contributed by atoms with Crippen LogP contribution in [-0.4, -0.2) is 39.5 Å². The number of amides is 1. The minimum Gasteiger partial charge on any atom is -0.495 e. The van der Waals surface area contributed by atoms with Crippen LogP contribution < -0.4 is 20.1 Å². The topological polar surface area (TPSA) is 111 Å². The fourth-order valence-electron chi connectivity index (χ4n) is 5.05. The Morgan fingerprint density at radius 2 is 1.85 bits per heavy atom. The molecule has 0 bridgehead atoms. The molecule has 5 rings (SSSR count). The molecule has 212 valence electrons. The lowest BCUT2D eigenvalue weighted by atomic mass is 9.84. The zero-order valence-corrected chi connectivity index (χ0v) is 23.8. The summed E-state index contributed by atoms with van der Waals surface area (Å²) in [5.41, 5.74) is 3.84. The number of benzene rings is 2. The number of ether oxygens (including phenoxy) is 2. The van der Waals surface area contributed by atoms with E-state index in [0.717, 1.165) is 18.5 Å². The Balaban J connectivity index is 1.38. The molecule has 0 radical (unpaired) electrons. The number of carbonyl (C=O) groups excluding carboxylic acids is 1. The summed E-state index contributed by atoms with van der Waals surface area (Å²) in [5, 5.41) is 6.23. The summed E-state index contributed by atoms with van der Waals surface area (Å²) in [6, 6.07) is 15.1. The summed E-state index contributed by atoms with van der Waals surface area (Å²) in [4.78, 5) is 30.9. The maximum absolute atomic E-state index is 13.4. The van der Waals surface area contributed by atoms with Crippen molar-refractivity contribution in [3.05, 3.63) is 77.7 Å². The molecule has 1 aliphatic carbocycles. The van der Waals surface area contributed by atoms with Gasteiger partial charge in [0.05, 0.1) is 18.4 Å². The van der Waals surface area contributed by atoms with E-state index in [4.69, 9.17) is 9.47 Å². The minimum absolute atomic E-state index is 0.251. The van der Waals surface area contributed by atoms with Crippen LogP contribution in [0.1, 0.15) is 72.9 Å². The smallest absolute Gasteiger partial charge is 0.255 e. The second kappa shape index (κ2) is 13.2. The Morgan fingerprint density at radius 1 is 1.00 bits per heavy atom. The van der Waals surface area contributed by atoms with Crippen LogP contribution >= 0.6 is 0 Å². The number of hydrogen-bond donors (Lipinski definition) is 2. The third-order valence-electron chi connectivity index (χ3n) is 7.32. The van der Waals surface area contributed by atoms with Gasteiger partial charge in [0.1, 0.15) is 17.8 Å². The number of rotatable bonds is 10. The molecule has 1 fully saturated rings. The number of aryl methyl sites for hydroxylation is 1. The first kappa shape index (κ1) is 28.0. The number of nitrogens with zero attached hydrogens (tertiary/aromatic N) is 4. The lowest BCUT2D eigenvalue weighted by Gasteiger charge is -2.23. The Hall–Kier alpha value is -4.53. The van der Waals surface area contributed by atoms with E-state index in [9.17, 15) is 4.79 Å². The van der Waals surface area contributed by atoms with Crippen LogP contribution in [0.3, 0.4) is 0 Å². The summed E-state index contributed by atoms with van der Waals surface area (Å²) in [6.45, 7) is 4.75. The fraction of sp³-hybridized carbons (Fsp3) is 0.344. The molecule has 0 atom stereocenters. The molecule has 0 aliphatic heterocycles. The van der Waals surface area contributed by atoms with E-state index in [2.05, 4.69) is 49.6 Å². The molecule has 41 heavy (non-hydrogen) atoms. The van der Waals surface area contributed by atoms with Gasteiger partial charge in [-0.15, -0.1) is 0 Å². The van der Waals surface area contributed by atoms with Gasteiger partial charge in [0.2, 0.25) is 11.8 Å². The summed E-state index contributed by atoms with van der Waals surface area (Å²) in [7, 11) is 1.61. The molecular weight excluding hydrogens is 516 g/mol. The van der Waals surface area contributed by atoms with Crippen LogP contribution in [0.25, 0.3) is 11.4 Å². The highest BCUT2D eigenvalue weighted by Crippen LogP contribution is 2.37. The fourth-order valence-corrected chi connectivity index (χ4v) is 5.05. The summed E-state index contributed by atoms with van der Waals surface area (Å²) in [6.07, 6.45) is 10.2. The first-order valence-corrected chi connectivity index (χ1v) is 14.2. The van der Waals surface area contributed by atoms with E-state index in [1.807, 2.05) is 25.1 Å². The third kappa shape index (κ3) is 6.80. The number of carbonyl (C=O) groups is 1. The molecule has 4 aromatic rings. The van der Waals surface area contributed by atoms with Crippen molar-refractivity contribution in [1.29, 1.82) is 0 Å². The van der Waals surface area contributed by atoms with E-state index >= 15 is 0 Å².